The van der Waals surface area contributed by atoms with Gasteiger partial charge >= 0.3 is 0 Å². The first-order valence-electron chi connectivity index (χ1n) is 4.29. The van der Waals surface area contributed by atoms with Crippen molar-refractivity contribution in [2.75, 3.05) is 0 Å². The van der Waals surface area contributed by atoms with Crippen LogP contribution in [0, 0.1) is 5.82 Å². The van der Waals surface area contributed by atoms with E-state index in [1.165, 1.54) is 12.1 Å². The highest BCUT2D eigenvalue weighted by molar-refractivity contribution is 9.10. The molecule has 1 aromatic carbocycles. The van der Waals surface area contributed by atoms with Gasteiger partial charge in [-0.05, 0) is 32.0 Å². The van der Waals surface area contributed by atoms with Crippen LogP contribution in [-0.4, -0.2) is 11.9 Å². The second-order valence-electron chi connectivity index (χ2n) is 3.23. The van der Waals surface area contributed by atoms with Gasteiger partial charge < -0.3 is 5.73 Å². The Kier molecular flexibility index (Phi) is 3.63. The van der Waals surface area contributed by atoms with Crippen molar-refractivity contribution < 1.29 is 4.39 Å². The highest BCUT2D eigenvalue weighted by Crippen LogP contribution is 2.17. The van der Waals surface area contributed by atoms with Gasteiger partial charge in [0.15, 0.2) is 0 Å². The molecule has 0 fully saturated rings. The lowest BCUT2D eigenvalue weighted by molar-refractivity contribution is 0.627. The summed E-state index contributed by atoms with van der Waals surface area (Å²) in [4.78, 5) is 4.15. The molecule has 0 spiro atoms. The normalized spacial score (nSPS) is 12.2. The number of amidine groups is 1. The summed E-state index contributed by atoms with van der Waals surface area (Å²) in [5.74, 6) is 0.0384. The van der Waals surface area contributed by atoms with Gasteiger partial charge in [0.25, 0.3) is 0 Å². The Balaban J connectivity index is 3.12. The molecular formula is C10H12BrFN2. The topological polar surface area (TPSA) is 38.4 Å². The van der Waals surface area contributed by atoms with E-state index in [0.717, 1.165) is 4.47 Å². The van der Waals surface area contributed by atoms with Gasteiger partial charge in [-0.1, -0.05) is 15.9 Å². The highest BCUT2D eigenvalue weighted by atomic mass is 79.9. The van der Waals surface area contributed by atoms with Gasteiger partial charge in [0.05, 0.1) is 0 Å². The van der Waals surface area contributed by atoms with Crippen LogP contribution in [0.5, 0.6) is 0 Å². The first-order chi connectivity index (χ1) is 6.50. The number of hydrogen-bond acceptors (Lipinski definition) is 1. The summed E-state index contributed by atoms with van der Waals surface area (Å²) in [6.45, 7) is 3.83. The fraction of sp³-hybridized carbons (Fsp3) is 0.300. The fourth-order valence-corrected chi connectivity index (χ4v) is 1.49. The third kappa shape index (κ3) is 2.80. The summed E-state index contributed by atoms with van der Waals surface area (Å²) in [6.07, 6.45) is 0. The molecule has 76 valence electrons. The molecule has 1 aromatic rings. The van der Waals surface area contributed by atoms with Gasteiger partial charge in [-0.25, -0.2) is 4.39 Å². The van der Waals surface area contributed by atoms with Crippen LogP contribution in [-0.2, 0) is 0 Å². The van der Waals surface area contributed by atoms with Crippen molar-refractivity contribution in [3.63, 3.8) is 0 Å². The predicted molar refractivity (Wildman–Crippen MR) is 60.0 cm³/mol. The molecule has 0 aliphatic heterocycles. The Morgan fingerprint density at radius 2 is 2.14 bits per heavy atom. The second kappa shape index (κ2) is 4.55. The Bertz CT molecular complexity index is 361. The number of nitrogens with zero attached hydrogens (tertiary/aromatic N) is 1. The Morgan fingerprint density at radius 1 is 1.50 bits per heavy atom. The van der Waals surface area contributed by atoms with Crippen LogP contribution in [0.4, 0.5) is 4.39 Å². The molecule has 0 bridgehead atoms. The molecule has 0 unspecified atom stereocenters. The fourth-order valence-electron chi connectivity index (χ4n) is 1.04. The molecule has 0 saturated carbocycles. The van der Waals surface area contributed by atoms with Crippen LogP contribution in [0.2, 0.25) is 0 Å². The number of benzene rings is 1. The van der Waals surface area contributed by atoms with E-state index in [9.17, 15) is 4.39 Å². The Hall–Kier alpha value is -0.900. The van der Waals surface area contributed by atoms with Gasteiger partial charge in [0.1, 0.15) is 11.7 Å². The maximum Gasteiger partial charge on any atom is 0.127 e. The third-order valence-corrected chi connectivity index (χ3v) is 2.29. The zero-order chi connectivity index (χ0) is 10.7. The molecule has 0 heterocycles. The van der Waals surface area contributed by atoms with E-state index in [1.807, 2.05) is 13.8 Å². The van der Waals surface area contributed by atoms with Crippen LogP contribution in [0.3, 0.4) is 0 Å². The molecule has 4 heteroatoms. The van der Waals surface area contributed by atoms with E-state index in [4.69, 9.17) is 5.73 Å². The Labute approximate surface area is 91.2 Å². The minimum Gasteiger partial charge on any atom is -0.383 e. The number of aliphatic imine (C=N–C) groups is 1. The van der Waals surface area contributed by atoms with Crippen LogP contribution < -0.4 is 5.73 Å². The van der Waals surface area contributed by atoms with Crippen LogP contribution >= 0.6 is 15.9 Å². The van der Waals surface area contributed by atoms with Gasteiger partial charge in [-0.15, -0.1) is 0 Å². The standard InChI is InChI=1S/C10H12BrFN2/c1-6(2)14-10(13)8-5-7(12)3-4-9(8)11/h3-6H,1-2H3,(H2,13,14). The summed E-state index contributed by atoms with van der Waals surface area (Å²) in [5.41, 5.74) is 6.32. The molecule has 1 rings (SSSR count). The number of nitrogens with two attached hydrogens (primary N) is 1. The molecule has 0 aromatic heterocycles. The number of hydrogen-bond donors (Lipinski definition) is 1. The highest BCUT2D eigenvalue weighted by Gasteiger charge is 2.06. The molecule has 0 radical (unpaired) electrons. The maximum atomic E-state index is 12.9. The average molecular weight is 259 g/mol. The van der Waals surface area contributed by atoms with Gasteiger partial charge in [0, 0.05) is 16.1 Å². The van der Waals surface area contributed by atoms with E-state index in [1.54, 1.807) is 6.07 Å². The third-order valence-electron chi connectivity index (χ3n) is 1.60. The monoisotopic (exact) mass is 258 g/mol. The average Bonchev–Trinajstić information content (AvgIpc) is 2.08. The van der Waals surface area contributed by atoms with Crippen molar-refractivity contribution in [1.82, 2.24) is 0 Å². The number of halogens is 2. The lowest BCUT2D eigenvalue weighted by atomic mass is 10.2. The molecule has 0 aliphatic rings. The van der Waals surface area contributed by atoms with Crippen LogP contribution in [0.1, 0.15) is 19.4 Å². The van der Waals surface area contributed by atoms with Crippen molar-refractivity contribution >= 4 is 21.8 Å². The molecule has 0 aliphatic carbocycles. The number of rotatable bonds is 2. The summed E-state index contributed by atoms with van der Waals surface area (Å²) in [7, 11) is 0. The molecular weight excluding hydrogens is 247 g/mol. The zero-order valence-corrected chi connectivity index (χ0v) is 9.68. The van der Waals surface area contributed by atoms with E-state index in [2.05, 4.69) is 20.9 Å². The van der Waals surface area contributed by atoms with Crippen LogP contribution in [0.25, 0.3) is 0 Å². The van der Waals surface area contributed by atoms with Crippen LogP contribution in [0.15, 0.2) is 27.7 Å². The SMILES string of the molecule is CC(C)N=C(N)c1cc(F)ccc1Br. The van der Waals surface area contributed by atoms with Crippen molar-refractivity contribution in [1.29, 1.82) is 0 Å². The largest absolute Gasteiger partial charge is 0.383 e. The molecule has 14 heavy (non-hydrogen) atoms. The molecule has 0 atom stereocenters. The molecule has 0 saturated heterocycles. The Morgan fingerprint density at radius 3 is 2.71 bits per heavy atom. The van der Waals surface area contributed by atoms with Crippen molar-refractivity contribution in [3.8, 4) is 0 Å². The molecule has 2 N–H and O–H groups in total. The summed E-state index contributed by atoms with van der Waals surface area (Å²) < 4.78 is 13.7. The van der Waals surface area contributed by atoms with Crippen molar-refractivity contribution in [2.45, 2.75) is 19.9 Å². The quantitative estimate of drug-likeness (QED) is 0.643. The van der Waals surface area contributed by atoms with Gasteiger partial charge in [0.2, 0.25) is 0 Å². The first-order valence-corrected chi connectivity index (χ1v) is 5.08. The minimum atomic E-state index is -0.315. The second-order valence-corrected chi connectivity index (χ2v) is 4.09. The van der Waals surface area contributed by atoms with E-state index >= 15 is 0 Å². The lowest BCUT2D eigenvalue weighted by Crippen LogP contribution is -2.16. The van der Waals surface area contributed by atoms with Gasteiger partial charge in [-0.2, -0.15) is 0 Å². The lowest BCUT2D eigenvalue weighted by Gasteiger charge is -2.05. The predicted octanol–water partition coefficient (Wildman–Crippen LogP) is 2.70. The molecule has 0 amide bonds. The van der Waals surface area contributed by atoms with Crippen molar-refractivity contribution in [3.05, 3.63) is 34.1 Å². The minimum absolute atomic E-state index is 0.102. The van der Waals surface area contributed by atoms with Gasteiger partial charge in [-0.3, -0.25) is 4.99 Å². The van der Waals surface area contributed by atoms with Crippen molar-refractivity contribution in [2.24, 2.45) is 10.7 Å². The first kappa shape index (κ1) is 11.2. The summed E-state index contributed by atoms with van der Waals surface area (Å²) in [6, 6.07) is 4.46. The van der Waals surface area contributed by atoms with E-state index in [0.29, 0.717) is 11.4 Å². The summed E-state index contributed by atoms with van der Waals surface area (Å²) >= 11 is 3.29. The smallest absolute Gasteiger partial charge is 0.127 e. The van der Waals surface area contributed by atoms with E-state index in [-0.39, 0.29) is 11.9 Å². The molecule has 2 nitrogen and oxygen atoms in total. The van der Waals surface area contributed by atoms with E-state index < -0.39 is 0 Å². The zero-order valence-electron chi connectivity index (χ0n) is 8.09. The maximum absolute atomic E-state index is 12.9. The summed E-state index contributed by atoms with van der Waals surface area (Å²) in [5, 5.41) is 0.